The maximum absolute atomic E-state index is 13.7. The van der Waals surface area contributed by atoms with Crippen molar-refractivity contribution in [2.45, 2.75) is 96.7 Å². The fraction of sp³-hybridized carbons (Fsp3) is 0.621. The molecule has 3 heterocycles. The Morgan fingerprint density at radius 2 is 1.79 bits per heavy atom. The normalized spacial score (nSPS) is 22.4. The van der Waals surface area contributed by atoms with Crippen LogP contribution >= 0.6 is 0 Å². The number of aromatic nitrogens is 2. The molecule has 2 bridgehead atoms. The largest absolute Gasteiger partial charge is 0.485 e. The minimum Gasteiger partial charge on any atom is -0.485 e. The summed E-state index contributed by atoms with van der Waals surface area (Å²) in [6.07, 6.45) is 8.76. The third-order valence-corrected chi connectivity index (χ3v) is 7.26. The number of hydrogen-bond acceptors (Lipinski definition) is 7. The zero-order valence-electron chi connectivity index (χ0n) is 23.1. The average Bonchev–Trinajstić information content (AvgIpc) is 3.59. The van der Waals surface area contributed by atoms with Crippen LogP contribution in [0.1, 0.15) is 93.7 Å². The number of para-hydroxylation sites is 1. The highest BCUT2D eigenvalue weighted by Crippen LogP contribution is 2.23. The van der Waals surface area contributed by atoms with E-state index in [0.717, 1.165) is 44.9 Å². The number of hydrogen-bond donors (Lipinski definition) is 2. The molecule has 3 amide bonds. The van der Waals surface area contributed by atoms with Gasteiger partial charge in [-0.2, -0.15) is 4.98 Å². The second-order valence-corrected chi connectivity index (χ2v) is 10.9. The van der Waals surface area contributed by atoms with Crippen LogP contribution in [0.2, 0.25) is 0 Å². The molecule has 1 aromatic heterocycles. The van der Waals surface area contributed by atoms with Crippen molar-refractivity contribution in [2.24, 2.45) is 5.92 Å². The van der Waals surface area contributed by atoms with Crippen LogP contribution < -0.4 is 15.4 Å². The molecule has 2 N–H and O–H groups in total. The topological polar surface area (TPSA) is 127 Å². The van der Waals surface area contributed by atoms with Crippen LogP contribution in [-0.2, 0) is 22.6 Å². The number of nitrogens with one attached hydrogen (secondary N) is 2. The number of ether oxygens (including phenoxy) is 1. The number of carbonyl (C=O) groups excluding carboxylic acids is 3. The first-order valence-corrected chi connectivity index (χ1v) is 14.3. The van der Waals surface area contributed by atoms with E-state index in [9.17, 15) is 14.4 Å². The van der Waals surface area contributed by atoms with Crippen LogP contribution in [0.3, 0.4) is 0 Å². The molecule has 10 nitrogen and oxygen atoms in total. The summed E-state index contributed by atoms with van der Waals surface area (Å²) in [4.78, 5) is 46.2. The van der Waals surface area contributed by atoms with Gasteiger partial charge in [0.25, 0.3) is 5.91 Å². The van der Waals surface area contributed by atoms with Gasteiger partial charge < -0.3 is 24.8 Å². The van der Waals surface area contributed by atoms with Crippen molar-refractivity contribution >= 4 is 17.7 Å². The van der Waals surface area contributed by atoms with Crippen LogP contribution in [-0.4, -0.2) is 57.9 Å². The summed E-state index contributed by atoms with van der Waals surface area (Å²) in [6.45, 7) is 5.19. The highest BCUT2D eigenvalue weighted by atomic mass is 16.5. The van der Waals surface area contributed by atoms with E-state index in [4.69, 9.17) is 9.26 Å². The van der Waals surface area contributed by atoms with Crippen molar-refractivity contribution in [1.29, 1.82) is 0 Å². The Labute approximate surface area is 230 Å². The van der Waals surface area contributed by atoms with Gasteiger partial charge in [-0.1, -0.05) is 56.8 Å². The van der Waals surface area contributed by atoms with Crippen molar-refractivity contribution in [3.05, 3.63) is 41.5 Å². The molecule has 0 spiro atoms. The summed E-state index contributed by atoms with van der Waals surface area (Å²) in [5.41, 5.74) is 0.317. The van der Waals surface area contributed by atoms with Gasteiger partial charge in [0.2, 0.25) is 23.5 Å². The Bertz CT molecular complexity index is 1120. The summed E-state index contributed by atoms with van der Waals surface area (Å²) in [5.74, 6) is 0.804. The predicted molar refractivity (Wildman–Crippen MR) is 145 cm³/mol. The molecule has 4 rings (SSSR count). The summed E-state index contributed by atoms with van der Waals surface area (Å²) in [5, 5.41) is 9.99. The lowest BCUT2D eigenvalue weighted by Gasteiger charge is -2.29. The zero-order valence-corrected chi connectivity index (χ0v) is 23.1. The molecule has 39 heavy (non-hydrogen) atoms. The van der Waals surface area contributed by atoms with Crippen LogP contribution in [0.15, 0.2) is 28.8 Å². The number of fused-ring (bicyclic) bond motifs is 4. The number of carbonyl (C=O) groups is 3. The molecule has 212 valence electrons. The van der Waals surface area contributed by atoms with Gasteiger partial charge >= 0.3 is 0 Å². The van der Waals surface area contributed by atoms with Gasteiger partial charge in [-0.3, -0.25) is 14.4 Å². The van der Waals surface area contributed by atoms with Crippen molar-refractivity contribution in [2.75, 3.05) is 13.1 Å². The minimum atomic E-state index is -0.750. The summed E-state index contributed by atoms with van der Waals surface area (Å²) in [6, 6.07) is 5.65. The highest BCUT2D eigenvalue weighted by molar-refractivity contribution is 6.00. The van der Waals surface area contributed by atoms with Gasteiger partial charge in [0.15, 0.2) is 6.61 Å². The molecule has 2 aliphatic rings. The number of rotatable bonds is 2. The van der Waals surface area contributed by atoms with E-state index < -0.39 is 18.0 Å². The molecule has 1 aromatic carbocycles. The first-order chi connectivity index (χ1) is 18.9. The van der Waals surface area contributed by atoms with Crippen LogP contribution in [0.25, 0.3) is 0 Å². The maximum Gasteiger partial charge on any atom is 0.255 e. The van der Waals surface area contributed by atoms with Crippen molar-refractivity contribution < 1.29 is 23.6 Å². The van der Waals surface area contributed by atoms with E-state index in [1.807, 2.05) is 13.8 Å². The number of benzene rings is 1. The first-order valence-electron chi connectivity index (χ1n) is 14.3. The highest BCUT2D eigenvalue weighted by Gasteiger charge is 2.38. The van der Waals surface area contributed by atoms with E-state index in [0.29, 0.717) is 55.4 Å². The minimum absolute atomic E-state index is 0.0622. The van der Waals surface area contributed by atoms with Gasteiger partial charge in [0, 0.05) is 19.5 Å². The first kappa shape index (κ1) is 28.6. The van der Waals surface area contributed by atoms with E-state index in [1.54, 1.807) is 29.2 Å². The lowest BCUT2D eigenvalue weighted by atomic mass is 10.0. The van der Waals surface area contributed by atoms with Crippen molar-refractivity contribution in [1.82, 2.24) is 25.7 Å². The lowest BCUT2D eigenvalue weighted by Crippen LogP contribution is -2.54. The molecule has 1 saturated heterocycles. The van der Waals surface area contributed by atoms with E-state index in [2.05, 4.69) is 20.8 Å². The Morgan fingerprint density at radius 1 is 1.03 bits per heavy atom. The molecule has 0 radical (unpaired) electrons. The molecule has 0 unspecified atom stereocenters. The fourth-order valence-corrected chi connectivity index (χ4v) is 5.24. The second-order valence-electron chi connectivity index (χ2n) is 10.9. The summed E-state index contributed by atoms with van der Waals surface area (Å²) in [7, 11) is 0. The molecule has 10 heteroatoms. The standard InChI is InChI=1S/C29H41N5O5/c1-20(2)18-22-29(37)34-17-11-13-23(34)28(36)30-16-10-6-4-3-5-7-15-26-32-25(33-39-26)19-38-24-14-9-8-12-21(24)27(35)31-22/h8-9,12,14,20,22-23H,3-7,10-11,13,15-19H2,1-2H3,(H,30,36)(H,31,35)/t22-,23-/m1/s1. The smallest absolute Gasteiger partial charge is 0.255 e. The average molecular weight is 540 g/mol. The fourth-order valence-electron chi connectivity index (χ4n) is 5.24. The number of amides is 3. The van der Waals surface area contributed by atoms with Crippen LogP contribution in [0.4, 0.5) is 0 Å². The molecular weight excluding hydrogens is 498 g/mol. The predicted octanol–water partition coefficient (Wildman–Crippen LogP) is 3.80. The summed E-state index contributed by atoms with van der Waals surface area (Å²) >= 11 is 0. The van der Waals surface area contributed by atoms with E-state index >= 15 is 0 Å². The Kier molecular flexibility index (Phi) is 10.3. The Morgan fingerprint density at radius 3 is 2.62 bits per heavy atom. The molecule has 0 saturated carbocycles. The summed E-state index contributed by atoms with van der Waals surface area (Å²) < 4.78 is 11.3. The Hall–Kier alpha value is -3.43. The van der Waals surface area contributed by atoms with Crippen LogP contribution in [0.5, 0.6) is 5.75 Å². The second kappa shape index (κ2) is 14.1. The molecule has 2 aromatic rings. The van der Waals surface area contributed by atoms with Crippen LogP contribution in [0, 0.1) is 5.92 Å². The molecule has 2 atom stereocenters. The number of aryl methyl sites for hydroxylation is 1. The van der Waals surface area contributed by atoms with Gasteiger partial charge in [-0.15, -0.1) is 0 Å². The van der Waals surface area contributed by atoms with Gasteiger partial charge in [-0.05, 0) is 50.2 Å². The molecule has 2 aliphatic heterocycles. The zero-order chi connectivity index (χ0) is 27.6. The van der Waals surface area contributed by atoms with Gasteiger partial charge in [0.05, 0.1) is 5.56 Å². The van der Waals surface area contributed by atoms with E-state index in [1.165, 1.54) is 0 Å². The van der Waals surface area contributed by atoms with Gasteiger partial charge in [-0.25, -0.2) is 0 Å². The third kappa shape index (κ3) is 8.03. The molecule has 0 aliphatic carbocycles. The van der Waals surface area contributed by atoms with Crippen molar-refractivity contribution in [3.63, 3.8) is 0 Å². The molecule has 1 fully saturated rings. The monoisotopic (exact) mass is 539 g/mol. The Balaban J connectivity index is 1.54. The maximum atomic E-state index is 13.7. The van der Waals surface area contributed by atoms with Crippen molar-refractivity contribution in [3.8, 4) is 5.75 Å². The van der Waals surface area contributed by atoms with E-state index in [-0.39, 0.29) is 24.3 Å². The lowest BCUT2D eigenvalue weighted by molar-refractivity contribution is -0.140. The van der Waals surface area contributed by atoms with Gasteiger partial charge in [0.1, 0.15) is 17.8 Å². The SMILES string of the molecule is CC(C)C[C@H]1NC(=O)c2ccccc2OCc2noc(n2)CCCCCCCCNC(=O)[C@H]2CCCN2C1=O. The quantitative estimate of drug-likeness (QED) is 0.594. The third-order valence-electron chi connectivity index (χ3n) is 7.26. The number of nitrogens with zero attached hydrogens (tertiary/aromatic N) is 3. The molecular formula is C29H41N5O5.